The Morgan fingerprint density at radius 3 is 2.39 bits per heavy atom. The van der Waals surface area contributed by atoms with Crippen LogP contribution in [0.25, 0.3) is 0 Å². The first-order chi connectivity index (χ1) is 8.55. The van der Waals surface area contributed by atoms with E-state index >= 15 is 0 Å². The largest absolute Gasteiger partial charge is 0.486 e. The predicted molar refractivity (Wildman–Crippen MR) is 62.3 cm³/mol. The van der Waals surface area contributed by atoms with Gasteiger partial charge >= 0.3 is 0 Å². The van der Waals surface area contributed by atoms with E-state index in [2.05, 4.69) is 0 Å². The average molecular weight is 255 g/mol. The van der Waals surface area contributed by atoms with Crippen LogP contribution >= 0.6 is 0 Å². The molecule has 0 spiro atoms. The summed E-state index contributed by atoms with van der Waals surface area (Å²) in [5.74, 6) is -1.29. The van der Waals surface area contributed by atoms with E-state index in [9.17, 15) is 8.78 Å². The Labute approximate surface area is 104 Å². The highest BCUT2D eigenvalue weighted by molar-refractivity contribution is 5.47. The number of fused-ring (bicyclic) bond motifs is 1. The molecule has 0 bridgehead atoms. The Morgan fingerprint density at radius 2 is 1.78 bits per heavy atom. The van der Waals surface area contributed by atoms with Crippen molar-refractivity contribution in [3.63, 3.8) is 0 Å². The second-order valence-corrected chi connectivity index (χ2v) is 5.05. The Bertz CT molecular complexity index is 468. The average Bonchev–Trinajstić information content (AvgIpc) is 2.34. The van der Waals surface area contributed by atoms with Crippen LogP contribution in [-0.2, 0) is 5.41 Å². The van der Waals surface area contributed by atoms with E-state index in [1.54, 1.807) is 12.1 Å². The van der Waals surface area contributed by atoms with Crippen molar-refractivity contribution in [2.75, 3.05) is 19.8 Å². The van der Waals surface area contributed by atoms with E-state index in [0.29, 0.717) is 24.7 Å². The first kappa shape index (κ1) is 11.7. The number of halogens is 2. The van der Waals surface area contributed by atoms with Gasteiger partial charge < -0.3 is 15.2 Å². The van der Waals surface area contributed by atoms with E-state index in [1.165, 1.54) is 0 Å². The summed E-state index contributed by atoms with van der Waals surface area (Å²) in [6.07, 6.45) is -0.369. The van der Waals surface area contributed by atoms with Gasteiger partial charge in [-0.1, -0.05) is 6.07 Å². The summed E-state index contributed by atoms with van der Waals surface area (Å²) in [7, 11) is 0. The smallest absolute Gasteiger partial charge is 0.250 e. The Balaban J connectivity index is 1.92. The van der Waals surface area contributed by atoms with Gasteiger partial charge in [0.25, 0.3) is 0 Å². The minimum Gasteiger partial charge on any atom is -0.486 e. The molecule has 98 valence electrons. The summed E-state index contributed by atoms with van der Waals surface area (Å²) in [6, 6.07) is 5.38. The second kappa shape index (κ2) is 3.82. The zero-order valence-electron chi connectivity index (χ0n) is 9.92. The third-order valence-corrected chi connectivity index (χ3v) is 3.74. The van der Waals surface area contributed by atoms with Crippen LogP contribution in [0.4, 0.5) is 8.78 Å². The standard InChI is InChI=1S/C13H15F2NO2/c14-13(15)6-12(7-13,8-16)9-1-2-10-11(5-9)18-4-3-17-10/h1-2,5H,3-4,6-8,16H2. The van der Waals surface area contributed by atoms with Gasteiger partial charge in [-0.05, 0) is 17.7 Å². The topological polar surface area (TPSA) is 44.5 Å². The van der Waals surface area contributed by atoms with Gasteiger partial charge in [0, 0.05) is 24.8 Å². The molecule has 3 rings (SSSR count). The second-order valence-electron chi connectivity index (χ2n) is 5.05. The molecule has 0 atom stereocenters. The summed E-state index contributed by atoms with van der Waals surface area (Å²) in [5.41, 5.74) is 5.90. The highest BCUT2D eigenvalue weighted by Crippen LogP contribution is 2.53. The lowest BCUT2D eigenvalue weighted by atomic mass is 9.62. The minimum absolute atomic E-state index is 0.184. The molecule has 0 amide bonds. The lowest BCUT2D eigenvalue weighted by molar-refractivity contribution is -0.123. The number of benzene rings is 1. The lowest BCUT2D eigenvalue weighted by Crippen LogP contribution is -2.53. The molecule has 1 heterocycles. The van der Waals surface area contributed by atoms with Crippen LogP contribution in [0.3, 0.4) is 0 Å². The molecule has 1 fully saturated rings. The SMILES string of the molecule is NCC1(c2ccc3c(c2)OCCO3)CC(F)(F)C1. The fraction of sp³-hybridized carbons (Fsp3) is 0.538. The van der Waals surface area contributed by atoms with Gasteiger partial charge in [-0.25, -0.2) is 8.78 Å². The van der Waals surface area contributed by atoms with Gasteiger partial charge in [-0.15, -0.1) is 0 Å². The van der Waals surface area contributed by atoms with Crippen molar-refractivity contribution in [1.82, 2.24) is 0 Å². The molecule has 0 saturated heterocycles. The summed E-state index contributed by atoms with van der Waals surface area (Å²) < 4.78 is 37.2. The maximum Gasteiger partial charge on any atom is 0.250 e. The van der Waals surface area contributed by atoms with E-state index in [1.807, 2.05) is 6.07 Å². The Kier molecular flexibility index (Phi) is 2.48. The monoisotopic (exact) mass is 255 g/mol. The molecule has 1 saturated carbocycles. The third-order valence-electron chi connectivity index (χ3n) is 3.74. The van der Waals surface area contributed by atoms with Gasteiger partial charge in [0.05, 0.1) is 0 Å². The first-order valence-electron chi connectivity index (χ1n) is 6.03. The molecule has 3 nitrogen and oxygen atoms in total. The zero-order chi connectivity index (χ0) is 12.8. The van der Waals surface area contributed by atoms with Crippen molar-refractivity contribution in [1.29, 1.82) is 0 Å². The summed E-state index contributed by atoms with van der Waals surface area (Å²) in [5, 5.41) is 0. The quantitative estimate of drug-likeness (QED) is 0.880. The van der Waals surface area contributed by atoms with Crippen molar-refractivity contribution in [2.45, 2.75) is 24.2 Å². The molecule has 5 heteroatoms. The molecular formula is C13H15F2NO2. The lowest BCUT2D eigenvalue weighted by Gasteiger charge is -2.47. The van der Waals surface area contributed by atoms with Crippen molar-refractivity contribution < 1.29 is 18.3 Å². The highest BCUT2D eigenvalue weighted by atomic mass is 19.3. The van der Waals surface area contributed by atoms with Gasteiger partial charge in [0.2, 0.25) is 5.92 Å². The van der Waals surface area contributed by atoms with Gasteiger partial charge in [-0.2, -0.15) is 0 Å². The van der Waals surface area contributed by atoms with Crippen LogP contribution in [0.5, 0.6) is 11.5 Å². The summed E-state index contributed by atoms with van der Waals surface area (Å²) >= 11 is 0. The zero-order valence-corrected chi connectivity index (χ0v) is 9.92. The summed E-state index contributed by atoms with van der Waals surface area (Å²) in [4.78, 5) is 0. The molecule has 0 aromatic heterocycles. The van der Waals surface area contributed by atoms with E-state index in [0.717, 1.165) is 5.56 Å². The maximum absolute atomic E-state index is 13.1. The number of ether oxygens (including phenoxy) is 2. The first-order valence-corrected chi connectivity index (χ1v) is 6.03. The number of hydrogen-bond acceptors (Lipinski definition) is 3. The van der Waals surface area contributed by atoms with Crippen LogP contribution in [0.15, 0.2) is 18.2 Å². The predicted octanol–water partition coefficient (Wildman–Crippen LogP) is 2.08. The molecule has 1 aromatic rings. The molecule has 0 unspecified atom stereocenters. The fourth-order valence-electron chi connectivity index (χ4n) is 2.78. The van der Waals surface area contributed by atoms with Crippen molar-refractivity contribution >= 4 is 0 Å². The maximum atomic E-state index is 13.1. The molecular weight excluding hydrogens is 240 g/mol. The molecule has 2 N–H and O–H groups in total. The molecule has 0 radical (unpaired) electrons. The van der Waals surface area contributed by atoms with Crippen LogP contribution in [-0.4, -0.2) is 25.7 Å². The van der Waals surface area contributed by atoms with Crippen LogP contribution in [0.2, 0.25) is 0 Å². The highest BCUT2D eigenvalue weighted by Gasteiger charge is 2.56. The number of alkyl halides is 2. The van der Waals surface area contributed by atoms with Gasteiger partial charge in [0.15, 0.2) is 11.5 Å². The van der Waals surface area contributed by atoms with Gasteiger partial charge in [-0.3, -0.25) is 0 Å². The van der Waals surface area contributed by atoms with Crippen LogP contribution in [0.1, 0.15) is 18.4 Å². The fourth-order valence-corrected chi connectivity index (χ4v) is 2.78. The molecule has 18 heavy (non-hydrogen) atoms. The third kappa shape index (κ3) is 1.73. The van der Waals surface area contributed by atoms with E-state index in [4.69, 9.17) is 15.2 Å². The normalized spacial score (nSPS) is 23.3. The van der Waals surface area contributed by atoms with E-state index < -0.39 is 11.3 Å². The Morgan fingerprint density at radius 1 is 1.11 bits per heavy atom. The van der Waals surface area contributed by atoms with Gasteiger partial charge in [0.1, 0.15) is 13.2 Å². The molecule has 1 aliphatic carbocycles. The number of nitrogens with two attached hydrogens (primary N) is 1. The number of rotatable bonds is 2. The molecule has 1 aromatic carbocycles. The van der Waals surface area contributed by atoms with E-state index in [-0.39, 0.29) is 19.4 Å². The number of hydrogen-bond donors (Lipinski definition) is 1. The Hall–Kier alpha value is -1.36. The molecule has 1 aliphatic heterocycles. The van der Waals surface area contributed by atoms with Crippen LogP contribution in [0, 0.1) is 0 Å². The van der Waals surface area contributed by atoms with Crippen LogP contribution < -0.4 is 15.2 Å². The van der Waals surface area contributed by atoms with Crippen molar-refractivity contribution in [3.05, 3.63) is 23.8 Å². The summed E-state index contributed by atoms with van der Waals surface area (Å²) in [6.45, 7) is 1.23. The van der Waals surface area contributed by atoms with Crippen molar-refractivity contribution in [3.8, 4) is 11.5 Å². The van der Waals surface area contributed by atoms with Crippen molar-refractivity contribution in [2.24, 2.45) is 5.73 Å². The minimum atomic E-state index is -2.59. The molecule has 2 aliphatic rings.